The first kappa shape index (κ1) is 24.0. The molecule has 6 heteroatoms. The molecular formula is C28H28ClN3O2. The third kappa shape index (κ3) is 6.03. The highest BCUT2D eigenvalue weighted by atomic mass is 35.5. The van der Waals surface area contributed by atoms with Gasteiger partial charge in [0.2, 0.25) is 0 Å². The molecule has 5 nitrogen and oxygen atoms in total. The smallest absolute Gasteiger partial charge is 0.174 e. The van der Waals surface area contributed by atoms with Crippen LogP contribution in [0, 0.1) is 11.3 Å². The maximum Gasteiger partial charge on any atom is 0.174 e. The SMILES string of the molecule is N#CCOc1cccc(/C(=C\CCN2CCC(O)(c3ccc(Cl)cc3)CC2)c2cccnc2)c1. The molecule has 1 aromatic heterocycles. The zero-order valence-corrected chi connectivity index (χ0v) is 19.8. The minimum absolute atomic E-state index is 0.0206. The van der Waals surface area contributed by atoms with E-state index in [1.807, 2.05) is 66.9 Å². The second-order valence-electron chi connectivity index (χ2n) is 8.50. The van der Waals surface area contributed by atoms with E-state index in [9.17, 15) is 5.11 Å². The van der Waals surface area contributed by atoms with Gasteiger partial charge >= 0.3 is 0 Å². The highest BCUT2D eigenvalue weighted by Gasteiger charge is 2.33. The van der Waals surface area contributed by atoms with Crippen LogP contribution in [-0.4, -0.2) is 41.2 Å². The van der Waals surface area contributed by atoms with E-state index < -0.39 is 5.60 Å². The Balaban J connectivity index is 1.43. The summed E-state index contributed by atoms with van der Waals surface area (Å²) in [7, 11) is 0. The van der Waals surface area contributed by atoms with Gasteiger partial charge in [-0.1, -0.05) is 48.0 Å². The molecule has 0 unspecified atom stereocenters. The average Bonchev–Trinajstić information content (AvgIpc) is 2.87. The Morgan fingerprint density at radius 1 is 1.12 bits per heavy atom. The number of piperidine rings is 1. The molecule has 1 aliphatic heterocycles. The first-order valence-corrected chi connectivity index (χ1v) is 11.9. The number of aliphatic hydroxyl groups is 1. The molecule has 3 aromatic rings. The van der Waals surface area contributed by atoms with E-state index >= 15 is 0 Å². The fourth-order valence-electron chi connectivity index (χ4n) is 4.38. The van der Waals surface area contributed by atoms with Crippen LogP contribution in [0.25, 0.3) is 5.57 Å². The summed E-state index contributed by atoms with van der Waals surface area (Å²) in [6.07, 6.45) is 8.14. The van der Waals surface area contributed by atoms with Crippen LogP contribution < -0.4 is 4.74 Å². The Labute approximate surface area is 205 Å². The minimum Gasteiger partial charge on any atom is -0.479 e. The van der Waals surface area contributed by atoms with Crippen molar-refractivity contribution < 1.29 is 9.84 Å². The van der Waals surface area contributed by atoms with E-state index in [1.165, 1.54) is 0 Å². The van der Waals surface area contributed by atoms with Crippen molar-refractivity contribution in [2.75, 3.05) is 26.2 Å². The molecule has 0 aliphatic carbocycles. The number of hydrogen-bond acceptors (Lipinski definition) is 5. The molecule has 0 radical (unpaired) electrons. The van der Waals surface area contributed by atoms with Gasteiger partial charge in [-0.25, -0.2) is 0 Å². The van der Waals surface area contributed by atoms with Crippen LogP contribution in [0.15, 0.2) is 79.1 Å². The van der Waals surface area contributed by atoms with E-state index in [-0.39, 0.29) is 6.61 Å². The lowest BCUT2D eigenvalue weighted by molar-refractivity contribution is -0.0254. The summed E-state index contributed by atoms with van der Waals surface area (Å²) in [5.74, 6) is 0.673. The van der Waals surface area contributed by atoms with Crippen molar-refractivity contribution in [1.29, 1.82) is 5.26 Å². The summed E-state index contributed by atoms with van der Waals surface area (Å²) in [5, 5.41) is 20.6. The average molecular weight is 474 g/mol. The van der Waals surface area contributed by atoms with E-state index in [1.54, 1.807) is 6.20 Å². The monoisotopic (exact) mass is 473 g/mol. The van der Waals surface area contributed by atoms with Gasteiger partial charge in [0.15, 0.2) is 6.61 Å². The molecular weight excluding hydrogens is 446 g/mol. The number of hydrogen-bond donors (Lipinski definition) is 1. The van der Waals surface area contributed by atoms with Gasteiger partial charge in [0, 0.05) is 42.6 Å². The largest absolute Gasteiger partial charge is 0.479 e. The van der Waals surface area contributed by atoms with E-state index in [4.69, 9.17) is 21.6 Å². The van der Waals surface area contributed by atoms with E-state index in [0.29, 0.717) is 23.6 Å². The molecule has 0 amide bonds. The van der Waals surface area contributed by atoms with Gasteiger partial charge in [-0.2, -0.15) is 5.26 Å². The van der Waals surface area contributed by atoms with Crippen LogP contribution in [0.1, 0.15) is 36.0 Å². The second-order valence-corrected chi connectivity index (χ2v) is 8.94. The molecule has 174 valence electrons. The molecule has 1 N–H and O–H groups in total. The third-order valence-corrected chi connectivity index (χ3v) is 6.53. The van der Waals surface area contributed by atoms with Crippen LogP contribution in [0.5, 0.6) is 5.75 Å². The lowest BCUT2D eigenvalue weighted by Gasteiger charge is -2.38. The quantitative estimate of drug-likeness (QED) is 0.471. The van der Waals surface area contributed by atoms with Crippen LogP contribution in [0.3, 0.4) is 0 Å². The number of nitrogens with zero attached hydrogens (tertiary/aromatic N) is 3. The molecule has 1 fully saturated rings. The Morgan fingerprint density at radius 2 is 1.88 bits per heavy atom. The minimum atomic E-state index is -0.790. The van der Waals surface area contributed by atoms with Crippen molar-refractivity contribution >= 4 is 17.2 Å². The lowest BCUT2D eigenvalue weighted by Crippen LogP contribution is -2.42. The number of nitriles is 1. The number of aromatic nitrogens is 1. The Hall–Kier alpha value is -3.17. The Morgan fingerprint density at radius 3 is 2.59 bits per heavy atom. The van der Waals surface area contributed by atoms with Crippen molar-refractivity contribution in [2.24, 2.45) is 0 Å². The molecule has 34 heavy (non-hydrogen) atoms. The van der Waals surface area contributed by atoms with E-state index in [2.05, 4.69) is 22.0 Å². The molecule has 2 aromatic carbocycles. The number of likely N-dealkylation sites (tertiary alicyclic amines) is 1. The molecule has 1 saturated heterocycles. The standard InChI is InChI=1S/C28H28ClN3O2/c29-25-10-8-24(9-11-25)28(33)12-17-32(18-13-28)16-3-7-27(23-5-2-15-31-21-23)22-4-1-6-26(20-22)34-19-14-30/h1-2,4-11,15,20-21,33H,3,12-13,16-19H2/b27-7+. The van der Waals surface area contributed by atoms with Gasteiger partial charge in [-0.15, -0.1) is 0 Å². The van der Waals surface area contributed by atoms with Crippen LogP contribution in [0.4, 0.5) is 0 Å². The fraction of sp³-hybridized carbons (Fsp3) is 0.286. The molecule has 2 heterocycles. The topological polar surface area (TPSA) is 69.4 Å². The summed E-state index contributed by atoms with van der Waals surface area (Å²) in [6.45, 7) is 2.61. The summed E-state index contributed by atoms with van der Waals surface area (Å²) in [6, 6.07) is 21.3. The molecule has 0 spiro atoms. The maximum absolute atomic E-state index is 11.1. The highest BCUT2D eigenvalue weighted by molar-refractivity contribution is 6.30. The number of benzene rings is 2. The highest BCUT2D eigenvalue weighted by Crippen LogP contribution is 2.33. The van der Waals surface area contributed by atoms with Crippen LogP contribution in [0.2, 0.25) is 5.02 Å². The molecule has 0 bridgehead atoms. The van der Waals surface area contributed by atoms with Crippen molar-refractivity contribution in [3.8, 4) is 11.8 Å². The van der Waals surface area contributed by atoms with Crippen LogP contribution >= 0.6 is 11.6 Å². The van der Waals surface area contributed by atoms with Crippen LogP contribution in [-0.2, 0) is 5.60 Å². The van der Waals surface area contributed by atoms with Gasteiger partial charge in [-0.3, -0.25) is 4.98 Å². The van der Waals surface area contributed by atoms with Gasteiger partial charge in [0.25, 0.3) is 0 Å². The zero-order valence-electron chi connectivity index (χ0n) is 19.0. The predicted octanol–water partition coefficient (Wildman–Crippen LogP) is 5.44. The molecule has 1 aliphatic rings. The second kappa shape index (κ2) is 11.3. The number of halogens is 1. The molecule has 4 rings (SSSR count). The summed E-state index contributed by atoms with van der Waals surface area (Å²) < 4.78 is 5.50. The summed E-state index contributed by atoms with van der Waals surface area (Å²) >= 11 is 6.00. The summed E-state index contributed by atoms with van der Waals surface area (Å²) in [5.41, 5.74) is 3.30. The predicted molar refractivity (Wildman–Crippen MR) is 135 cm³/mol. The normalized spacial score (nSPS) is 16.1. The Bertz CT molecular complexity index is 1150. The van der Waals surface area contributed by atoms with Crippen molar-refractivity contribution in [3.63, 3.8) is 0 Å². The third-order valence-electron chi connectivity index (χ3n) is 6.28. The zero-order chi connectivity index (χ0) is 23.8. The first-order valence-electron chi connectivity index (χ1n) is 11.5. The maximum atomic E-state index is 11.1. The van der Waals surface area contributed by atoms with E-state index in [0.717, 1.165) is 48.3 Å². The lowest BCUT2D eigenvalue weighted by atomic mass is 9.84. The first-order chi connectivity index (χ1) is 16.6. The number of ether oxygens (including phenoxy) is 1. The van der Waals surface area contributed by atoms with Crippen molar-refractivity contribution in [1.82, 2.24) is 9.88 Å². The van der Waals surface area contributed by atoms with Crippen molar-refractivity contribution in [3.05, 3.63) is 101 Å². The van der Waals surface area contributed by atoms with Gasteiger partial charge in [-0.05, 0) is 66.3 Å². The van der Waals surface area contributed by atoms with Gasteiger partial charge in [0.1, 0.15) is 11.8 Å². The fourth-order valence-corrected chi connectivity index (χ4v) is 4.51. The van der Waals surface area contributed by atoms with Crippen molar-refractivity contribution in [2.45, 2.75) is 24.9 Å². The Kier molecular flexibility index (Phi) is 7.97. The van der Waals surface area contributed by atoms with Gasteiger partial charge < -0.3 is 14.7 Å². The summed E-state index contributed by atoms with van der Waals surface area (Å²) in [4.78, 5) is 6.69. The molecule has 0 saturated carbocycles. The molecule has 0 atom stereocenters. The van der Waals surface area contributed by atoms with Gasteiger partial charge in [0.05, 0.1) is 5.60 Å². The number of pyridine rings is 1. The number of rotatable bonds is 8.